The van der Waals surface area contributed by atoms with Crippen LogP contribution in [0, 0.1) is 12.7 Å². The Balaban J connectivity index is 1.45. The molecule has 0 spiro atoms. The third-order valence-corrected chi connectivity index (χ3v) is 6.10. The molecule has 0 aromatic carbocycles. The van der Waals surface area contributed by atoms with E-state index >= 15 is 0 Å². The summed E-state index contributed by atoms with van der Waals surface area (Å²) in [7, 11) is 1.62. The van der Waals surface area contributed by atoms with Gasteiger partial charge in [0.1, 0.15) is 17.6 Å². The molecule has 5 rings (SSSR count). The van der Waals surface area contributed by atoms with Gasteiger partial charge in [-0.05, 0) is 38.0 Å². The minimum absolute atomic E-state index is 0.0456. The van der Waals surface area contributed by atoms with Gasteiger partial charge in [-0.15, -0.1) is 5.10 Å². The predicted octanol–water partition coefficient (Wildman–Crippen LogP) is 3.93. The maximum atomic E-state index is 14.9. The van der Waals surface area contributed by atoms with Crippen LogP contribution in [0.3, 0.4) is 0 Å². The zero-order valence-electron chi connectivity index (χ0n) is 18.9. The molecule has 0 bridgehead atoms. The highest BCUT2D eigenvalue weighted by Gasteiger charge is 2.47. The number of halogens is 4. The van der Waals surface area contributed by atoms with Crippen molar-refractivity contribution in [3.05, 3.63) is 59.4 Å². The smallest absolute Gasteiger partial charge is 0.327 e. The third kappa shape index (κ3) is 4.24. The van der Waals surface area contributed by atoms with E-state index in [4.69, 9.17) is 0 Å². The molecule has 4 aromatic rings. The van der Waals surface area contributed by atoms with Crippen LogP contribution >= 0.6 is 0 Å². The third-order valence-electron chi connectivity index (χ3n) is 6.10. The van der Waals surface area contributed by atoms with Crippen molar-refractivity contribution in [2.24, 2.45) is 7.05 Å². The number of pyridine rings is 2. The zero-order valence-corrected chi connectivity index (χ0v) is 18.9. The average Bonchev–Trinajstić information content (AvgIpc) is 3.51. The van der Waals surface area contributed by atoms with Crippen molar-refractivity contribution in [1.82, 2.24) is 29.4 Å². The summed E-state index contributed by atoms with van der Waals surface area (Å²) in [5.41, 5.74) is 2.36. The van der Waals surface area contributed by atoms with Gasteiger partial charge >= 0.3 is 6.18 Å². The van der Waals surface area contributed by atoms with Crippen molar-refractivity contribution < 1.29 is 22.4 Å². The summed E-state index contributed by atoms with van der Waals surface area (Å²) < 4.78 is 57.5. The van der Waals surface area contributed by atoms with E-state index in [0.29, 0.717) is 17.7 Å². The van der Waals surface area contributed by atoms with Crippen LogP contribution in [-0.4, -0.2) is 53.9 Å². The lowest BCUT2D eigenvalue weighted by molar-refractivity contribution is -0.146. The molecule has 0 N–H and O–H groups in total. The number of hydrogen-bond donors (Lipinski definition) is 0. The first kappa shape index (κ1) is 22.9. The standard InChI is InChI=1S/C23H21F4N7O/c1-13-5-3-6-17(29-13)15-11-28-32(2)21(15)18(35)9-14-10-20-30-22(31-34(20)12-16(14)24)33-8-4-7-19(33)23(25,26)27/h3,5-6,10-12,19H,4,7-9H2,1-2H3/t19-/m1/s1. The molecule has 1 fully saturated rings. The molecule has 1 aliphatic heterocycles. The molecule has 0 unspecified atom stereocenters. The number of rotatable bonds is 5. The molecule has 0 aliphatic carbocycles. The zero-order chi connectivity index (χ0) is 24.9. The highest BCUT2D eigenvalue weighted by Crippen LogP contribution is 2.35. The van der Waals surface area contributed by atoms with Gasteiger partial charge < -0.3 is 4.90 Å². The largest absolute Gasteiger partial charge is 0.408 e. The molecule has 0 saturated carbocycles. The summed E-state index contributed by atoms with van der Waals surface area (Å²) in [6.45, 7) is 1.99. The number of carbonyl (C=O) groups excluding carboxylic acids is 1. The molecule has 1 saturated heterocycles. The summed E-state index contributed by atoms with van der Waals surface area (Å²) in [5, 5.41) is 8.22. The molecule has 0 radical (unpaired) electrons. The Bertz CT molecular complexity index is 1430. The Morgan fingerprint density at radius 2 is 2.03 bits per heavy atom. The monoisotopic (exact) mass is 487 g/mol. The van der Waals surface area contributed by atoms with Crippen LogP contribution in [0.2, 0.25) is 0 Å². The number of carbonyl (C=O) groups is 1. The Hall–Kier alpha value is -3.83. The van der Waals surface area contributed by atoms with Crippen LogP contribution in [0.1, 0.15) is 34.6 Å². The van der Waals surface area contributed by atoms with Crippen LogP contribution in [0.15, 0.2) is 36.7 Å². The minimum Gasteiger partial charge on any atom is -0.327 e. The second-order valence-electron chi connectivity index (χ2n) is 8.55. The maximum Gasteiger partial charge on any atom is 0.408 e. The highest BCUT2D eigenvalue weighted by molar-refractivity contribution is 6.01. The molecule has 0 amide bonds. The van der Waals surface area contributed by atoms with Crippen molar-refractivity contribution in [3.8, 4) is 11.3 Å². The van der Waals surface area contributed by atoms with Crippen LogP contribution in [0.4, 0.5) is 23.5 Å². The number of Topliss-reactive ketones (excluding diaryl/α,β-unsaturated/α-hetero) is 1. The van der Waals surface area contributed by atoms with Crippen molar-refractivity contribution in [1.29, 1.82) is 0 Å². The molecular weight excluding hydrogens is 466 g/mol. The first-order valence-corrected chi connectivity index (χ1v) is 11.0. The van der Waals surface area contributed by atoms with Gasteiger partial charge in [0.15, 0.2) is 11.4 Å². The van der Waals surface area contributed by atoms with Gasteiger partial charge in [0, 0.05) is 36.8 Å². The topological polar surface area (TPSA) is 81.2 Å². The van der Waals surface area contributed by atoms with E-state index in [1.54, 1.807) is 13.1 Å². The second kappa shape index (κ2) is 8.43. The van der Waals surface area contributed by atoms with Crippen LogP contribution in [0.25, 0.3) is 16.9 Å². The lowest BCUT2D eigenvalue weighted by atomic mass is 10.0. The summed E-state index contributed by atoms with van der Waals surface area (Å²) in [6, 6.07) is 5.07. The van der Waals surface area contributed by atoms with Gasteiger partial charge in [0.05, 0.1) is 18.1 Å². The number of fused-ring (bicyclic) bond motifs is 1. The number of nitrogens with zero attached hydrogens (tertiary/aromatic N) is 7. The molecule has 1 aliphatic rings. The average molecular weight is 487 g/mol. The molecular formula is C23H21F4N7O. The Morgan fingerprint density at radius 3 is 2.77 bits per heavy atom. The van der Waals surface area contributed by atoms with Crippen LogP contribution in [-0.2, 0) is 13.5 Å². The van der Waals surface area contributed by atoms with E-state index in [9.17, 15) is 22.4 Å². The molecule has 5 heterocycles. The molecule has 182 valence electrons. The maximum absolute atomic E-state index is 14.9. The summed E-state index contributed by atoms with van der Waals surface area (Å²) in [4.78, 5) is 22.9. The number of hydrogen-bond acceptors (Lipinski definition) is 6. The Morgan fingerprint density at radius 1 is 1.23 bits per heavy atom. The minimum atomic E-state index is -4.41. The first-order chi connectivity index (χ1) is 16.6. The van der Waals surface area contributed by atoms with E-state index in [1.807, 2.05) is 19.1 Å². The van der Waals surface area contributed by atoms with Crippen molar-refractivity contribution >= 4 is 17.4 Å². The molecule has 35 heavy (non-hydrogen) atoms. The fourth-order valence-corrected chi connectivity index (χ4v) is 4.44. The van der Waals surface area contributed by atoms with E-state index in [1.165, 1.54) is 16.9 Å². The number of alkyl halides is 3. The summed E-state index contributed by atoms with van der Waals surface area (Å²) in [5.74, 6) is -1.22. The lowest BCUT2D eigenvalue weighted by Crippen LogP contribution is -2.41. The summed E-state index contributed by atoms with van der Waals surface area (Å²) >= 11 is 0. The Labute approximate surface area is 197 Å². The van der Waals surface area contributed by atoms with Crippen molar-refractivity contribution in [3.63, 3.8) is 0 Å². The second-order valence-corrected chi connectivity index (χ2v) is 8.55. The molecule has 12 heteroatoms. The lowest BCUT2D eigenvalue weighted by Gasteiger charge is -2.24. The SMILES string of the molecule is Cc1cccc(-c2cnn(C)c2C(=O)Cc2cc3nc(N4CCC[C@@H]4C(F)(F)F)nn3cc2F)n1. The van der Waals surface area contributed by atoms with Gasteiger partial charge in [0.25, 0.3) is 0 Å². The van der Waals surface area contributed by atoms with Crippen LogP contribution in [0.5, 0.6) is 0 Å². The predicted molar refractivity (Wildman–Crippen MR) is 119 cm³/mol. The van der Waals surface area contributed by atoms with Crippen LogP contribution < -0.4 is 4.90 Å². The van der Waals surface area contributed by atoms with Gasteiger partial charge in [-0.1, -0.05) is 6.07 Å². The normalized spacial score (nSPS) is 16.4. The molecule has 4 aromatic heterocycles. The molecule has 8 nitrogen and oxygen atoms in total. The van der Waals surface area contributed by atoms with E-state index in [0.717, 1.165) is 21.3 Å². The Kier molecular flexibility index (Phi) is 5.53. The quantitative estimate of drug-likeness (QED) is 0.314. The fraction of sp³-hybridized carbons (Fsp3) is 0.348. The van der Waals surface area contributed by atoms with Crippen molar-refractivity contribution in [2.45, 2.75) is 38.4 Å². The fourth-order valence-electron chi connectivity index (χ4n) is 4.44. The van der Waals surface area contributed by atoms with Gasteiger partial charge in [0.2, 0.25) is 5.95 Å². The number of aryl methyl sites for hydroxylation is 2. The van der Waals surface area contributed by atoms with Crippen molar-refractivity contribution in [2.75, 3.05) is 11.4 Å². The van der Waals surface area contributed by atoms with Gasteiger partial charge in [-0.3, -0.25) is 14.5 Å². The molecule has 1 atom stereocenters. The number of anilines is 1. The van der Waals surface area contributed by atoms with Gasteiger partial charge in [-0.25, -0.2) is 8.91 Å². The number of aromatic nitrogens is 6. The van der Waals surface area contributed by atoms with E-state index < -0.39 is 18.0 Å². The number of ketones is 1. The van der Waals surface area contributed by atoms with Gasteiger partial charge in [-0.2, -0.15) is 23.3 Å². The van der Waals surface area contributed by atoms with E-state index in [2.05, 4.69) is 20.2 Å². The first-order valence-electron chi connectivity index (χ1n) is 11.0. The highest BCUT2D eigenvalue weighted by atomic mass is 19.4. The van der Waals surface area contributed by atoms with E-state index in [-0.39, 0.29) is 48.0 Å². The summed E-state index contributed by atoms with van der Waals surface area (Å²) in [6.07, 6.45) is -1.83.